The number of aryl methyl sites for hydroxylation is 4. The molecule has 2 heteroatoms. The highest BCUT2D eigenvalue weighted by atomic mass is 16.5. The van der Waals surface area contributed by atoms with Gasteiger partial charge < -0.3 is 4.74 Å². The Morgan fingerprint density at radius 1 is 0.419 bits per heavy atom. The summed E-state index contributed by atoms with van der Waals surface area (Å²) in [4.78, 5) is 11.9. The van der Waals surface area contributed by atoms with Gasteiger partial charge in [-0.3, -0.25) is 0 Å². The van der Waals surface area contributed by atoms with Gasteiger partial charge in [0, 0.05) is 0 Å². The van der Waals surface area contributed by atoms with E-state index in [0.717, 1.165) is 31.2 Å². The van der Waals surface area contributed by atoms with Crippen molar-refractivity contribution in [2.24, 2.45) is 5.92 Å². The third-order valence-electron chi connectivity index (χ3n) is 15.3. The fourth-order valence-electron chi connectivity index (χ4n) is 9.19. The fraction of sp³-hybridized carbons (Fsp3) is 0.198. The molecule has 0 aliphatic rings. The first kappa shape index (κ1) is 77.4. The van der Waals surface area contributed by atoms with Crippen LogP contribution in [0.3, 0.4) is 0 Å². The molecule has 0 aromatic heterocycles. The van der Waals surface area contributed by atoms with E-state index in [1.54, 1.807) is 18.2 Å². The largest absolute Gasteiger partial charge is 0.462 e. The Labute approximate surface area is 562 Å². The maximum absolute atomic E-state index is 11.9. The molecule has 1 unspecified atom stereocenters. The van der Waals surface area contributed by atoms with E-state index >= 15 is 0 Å². The Hall–Kier alpha value is -9.89. The first-order chi connectivity index (χ1) is 45.0. The normalized spacial score (nSPS) is 10.2. The van der Waals surface area contributed by atoms with Crippen molar-refractivity contribution >= 4 is 76.1 Å². The molecule has 10 rings (SSSR count). The van der Waals surface area contributed by atoms with Gasteiger partial charge in [0.2, 0.25) is 0 Å². The van der Waals surface area contributed by atoms with Gasteiger partial charge in [0.05, 0.1) is 12.2 Å². The second kappa shape index (κ2) is 44.6. The molecule has 0 aliphatic heterocycles. The molecular formula is C91H104O2. The molecule has 10 aromatic carbocycles. The minimum absolute atomic E-state index is 0.231. The number of carbonyl (C=O) groups is 1. The monoisotopic (exact) mass is 1230 g/mol. The molecule has 10 aromatic rings. The lowest BCUT2D eigenvalue weighted by atomic mass is 9.87. The Balaban J connectivity index is 0.000000281. The molecule has 0 N–H and O–H groups in total. The zero-order chi connectivity index (χ0) is 68.2. The molecule has 0 spiro atoms. The lowest BCUT2D eigenvalue weighted by Crippen LogP contribution is -2.14. The highest BCUT2D eigenvalue weighted by Crippen LogP contribution is 2.23. The van der Waals surface area contributed by atoms with Crippen LogP contribution in [0.5, 0.6) is 0 Å². The van der Waals surface area contributed by atoms with E-state index in [-0.39, 0.29) is 11.4 Å². The lowest BCUT2D eigenvalue weighted by Gasteiger charge is -2.18. The van der Waals surface area contributed by atoms with Crippen molar-refractivity contribution in [1.29, 1.82) is 0 Å². The molecular weight excluding hydrogens is 1120 g/mol. The van der Waals surface area contributed by atoms with Crippen molar-refractivity contribution in [2.75, 3.05) is 6.61 Å². The van der Waals surface area contributed by atoms with Crippen LogP contribution in [0, 0.1) is 19.8 Å². The van der Waals surface area contributed by atoms with Crippen molar-refractivity contribution < 1.29 is 9.53 Å². The van der Waals surface area contributed by atoms with Crippen molar-refractivity contribution in [3.63, 3.8) is 0 Å². The number of hydrogen-bond donors (Lipinski definition) is 0. The van der Waals surface area contributed by atoms with Gasteiger partial charge in [0.15, 0.2) is 0 Å². The summed E-state index contributed by atoms with van der Waals surface area (Å²) in [7, 11) is 0. The molecule has 0 radical (unpaired) electrons. The SMILES string of the molecule is C=Cc1ccc(C(=O)OCC(CC)CCCC)cc1.C=Cc1ccc(C(C)(C)C)cc1.C=Cc1ccc(C)cc1.C=Cc1ccc(C)cc1.C=Cc1ccc(CC)cc1CC.C=Cc1ccc2ccccc2c1.C=Cc1cccc2ccccc12.C=Cc1ccccc1. The molecule has 480 valence electrons. The standard InChI is InChI=1S/C17H24O2.2C12H10.2C12H16.2C9H10.C8H8/c1-4-7-8-15(6-3)13-19-17(18)16-11-9-14(5-2)10-12-16;1-2-10-7-5-8-11-6-3-4-9-12(10)11;1-2-10-7-8-11-5-3-4-6-12(11)9-10;1-5-10-6-8-11(9-7-10)12(2,3)4;1-4-10-7-8-11(5-2)12(6-3)9-10;2*1-3-9-6-4-8(2)5-7-9;1-2-8-6-4-3-5-7-8/h5,9-12,15H,2,4,6-8,13H2,1,3H3;2*2-9H,1H2;5-9H,1H2,2-4H3;5,7-9H,2,4,6H2,1,3H3;2*3-7H,1H2,2H3;2-7H,1H2. The van der Waals surface area contributed by atoms with Crippen LogP contribution in [0.15, 0.2) is 283 Å². The van der Waals surface area contributed by atoms with E-state index in [0.29, 0.717) is 18.1 Å². The average Bonchev–Trinajstić information content (AvgIpc) is 1.60. The van der Waals surface area contributed by atoms with E-state index < -0.39 is 0 Å². The number of benzene rings is 10. The minimum Gasteiger partial charge on any atom is -0.462 e. The van der Waals surface area contributed by atoms with Crippen LogP contribution in [0.4, 0.5) is 0 Å². The smallest absolute Gasteiger partial charge is 0.338 e. The molecule has 0 bridgehead atoms. The Bertz CT molecular complexity index is 3750. The number of rotatable bonds is 17. The summed E-state index contributed by atoms with van der Waals surface area (Å²) in [5, 5.41) is 5.10. The maximum Gasteiger partial charge on any atom is 0.338 e. The molecule has 93 heavy (non-hydrogen) atoms. The average molecular weight is 1230 g/mol. The number of esters is 1. The molecule has 1 atom stereocenters. The van der Waals surface area contributed by atoms with Gasteiger partial charge in [-0.25, -0.2) is 4.79 Å². The number of fused-ring (bicyclic) bond motifs is 2. The first-order valence-corrected chi connectivity index (χ1v) is 32.6. The van der Waals surface area contributed by atoms with Gasteiger partial charge in [-0.1, -0.05) is 392 Å². The van der Waals surface area contributed by atoms with Gasteiger partial charge in [0.1, 0.15) is 0 Å². The number of ether oxygens (including phenoxy) is 1. The van der Waals surface area contributed by atoms with E-state index in [4.69, 9.17) is 4.74 Å². The van der Waals surface area contributed by atoms with Crippen LogP contribution < -0.4 is 0 Å². The summed E-state index contributed by atoms with van der Waals surface area (Å²) in [6.07, 6.45) is 21.6. The van der Waals surface area contributed by atoms with E-state index in [2.05, 4.69) is 291 Å². The van der Waals surface area contributed by atoms with Crippen LogP contribution >= 0.6 is 0 Å². The van der Waals surface area contributed by atoms with Gasteiger partial charge in [-0.05, 0) is 145 Å². The number of carbonyl (C=O) groups excluding carboxylic acids is 1. The molecule has 0 aliphatic carbocycles. The second-order valence-electron chi connectivity index (χ2n) is 23.3. The molecule has 0 saturated carbocycles. The van der Waals surface area contributed by atoms with E-state index in [1.807, 2.05) is 85.0 Å². The summed E-state index contributed by atoms with van der Waals surface area (Å²) in [5.41, 5.74) is 17.0. The molecule has 0 saturated heterocycles. The summed E-state index contributed by atoms with van der Waals surface area (Å²) in [6, 6.07) is 78.3. The third-order valence-corrected chi connectivity index (χ3v) is 15.3. The second-order valence-corrected chi connectivity index (χ2v) is 23.3. The maximum atomic E-state index is 11.9. The molecule has 2 nitrogen and oxygen atoms in total. The van der Waals surface area contributed by atoms with Crippen molar-refractivity contribution in [1.82, 2.24) is 0 Å². The van der Waals surface area contributed by atoms with Gasteiger partial charge >= 0.3 is 5.97 Å². The zero-order valence-electron chi connectivity index (χ0n) is 57.6. The van der Waals surface area contributed by atoms with Crippen LogP contribution in [0.25, 0.3) is 70.2 Å². The van der Waals surface area contributed by atoms with Crippen molar-refractivity contribution in [3.8, 4) is 0 Å². The molecule has 0 fully saturated rings. The quantitative estimate of drug-likeness (QED) is 0.0850. The van der Waals surface area contributed by atoms with Crippen LogP contribution in [-0.2, 0) is 23.0 Å². The highest BCUT2D eigenvalue weighted by molar-refractivity contribution is 5.91. The number of hydrogen-bond acceptors (Lipinski definition) is 2. The van der Waals surface area contributed by atoms with Gasteiger partial charge in [-0.2, -0.15) is 0 Å². The summed E-state index contributed by atoms with van der Waals surface area (Å²) in [5.74, 6) is 0.252. The van der Waals surface area contributed by atoms with Crippen LogP contribution in [0.2, 0.25) is 0 Å². The summed E-state index contributed by atoms with van der Waals surface area (Å²) >= 11 is 0. The first-order valence-electron chi connectivity index (χ1n) is 32.6. The van der Waals surface area contributed by atoms with E-state index in [9.17, 15) is 4.79 Å². The lowest BCUT2D eigenvalue weighted by molar-refractivity contribution is 0.0428. The van der Waals surface area contributed by atoms with Crippen molar-refractivity contribution in [2.45, 2.75) is 106 Å². The topological polar surface area (TPSA) is 26.3 Å². The van der Waals surface area contributed by atoms with Crippen LogP contribution in [0.1, 0.15) is 157 Å². The third kappa shape index (κ3) is 29.7. The zero-order valence-corrected chi connectivity index (χ0v) is 57.6. The number of unbranched alkanes of at least 4 members (excludes halogenated alkanes) is 1. The van der Waals surface area contributed by atoms with Gasteiger partial charge in [-0.15, -0.1) is 0 Å². The Kier molecular flexibility index (Phi) is 37.1. The summed E-state index contributed by atoms with van der Waals surface area (Å²) in [6.45, 7) is 49.7. The van der Waals surface area contributed by atoms with E-state index in [1.165, 1.54) is 101 Å². The van der Waals surface area contributed by atoms with Gasteiger partial charge in [0.25, 0.3) is 0 Å². The van der Waals surface area contributed by atoms with Crippen molar-refractivity contribution in [3.05, 3.63) is 361 Å². The predicted molar refractivity (Wildman–Crippen MR) is 418 cm³/mol. The van der Waals surface area contributed by atoms with Crippen LogP contribution in [-0.4, -0.2) is 12.6 Å². The predicted octanol–water partition coefficient (Wildman–Crippen LogP) is 26.4. The summed E-state index contributed by atoms with van der Waals surface area (Å²) < 4.78 is 5.39. The molecule has 0 amide bonds. The Morgan fingerprint density at radius 2 is 0.871 bits per heavy atom. The highest BCUT2D eigenvalue weighted by Gasteiger charge is 2.13. The molecule has 0 heterocycles. The fourth-order valence-corrected chi connectivity index (χ4v) is 9.19. The Morgan fingerprint density at radius 3 is 1.33 bits per heavy atom. The minimum atomic E-state index is -0.231.